The maximum absolute atomic E-state index is 13.2. The normalized spacial score (nSPS) is 16.2. The zero-order chi connectivity index (χ0) is 20.4. The molecule has 0 aliphatic carbocycles. The average Bonchev–Trinajstić information content (AvgIpc) is 2.67. The minimum atomic E-state index is -4.61. The minimum Gasteiger partial charge on any atom is -0.381 e. The molecular formula is C19H27F4N3O2. The third-order valence-corrected chi connectivity index (χ3v) is 4.50. The van der Waals surface area contributed by atoms with Crippen LogP contribution >= 0.6 is 0 Å². The van der Waals surface area contributed by atoms with Gasteiger partial charge in [0.2, 0.25) is 0 Å². The summed E-state index contributed by atoms with van der Waals surface area (Å²) in [5.74, 6) is 0.0101. The molecule has 1 heterocycles. The number of nitrogens with one attached hydrogen (secondary N) is 2. The van der Waals surface area contributed by atoms with Gasteiger partial charge in [-0.05, 0) is 42.9 Å². The van der Waals surface area contributed by atoms with Gasteiger partial charge in [0.1, 0.15) is 5.82 Å². The Morgan fingerprint density at radius 2 is 2.00 bits per heavy atom. The van der Waals surface area contributed by atoms with E-state index in [-0.39, 0.29) is 12.1 Å². The van der Waals surface area contributed by atoms with Crippen molar-refractivity contribution < 1.29 is 27.0 Å². The van der Waals surface area contributed by atoms with E-state index in [9.17, 15) is 17.6 Å². The number of halogens is 4. The highest BCUT2D eigenvalue weighted by Crippen LogP contribution is 2.32. The molecule has 0 radical (unpaired) electrons. The SMILES string of the molecule is CN=C(NCCCOCC1CCOCC1)NCc1ccc(F)cc1C(F)(F)F. The van der Waals surface area contributed by atoms with Crippen LogP contribution in [-0.4, -0.2) is 46.0 Å². The Morgan fingerprint density at radius 3 is 2.68 bits per heavy atom. The summed E-state index contributed by atoms with van der Waals surface area (Å²) >= 11 is 0. The Balaban J connectivity index is 1.69. The lowest BCUT2D eigenvalue weighted by molar-refractivity contribution is -0.138. The number of benzene rings is 1. The molecule has 0 spiro atoms. The predicted molar refractivity (Wildman–Crippen MR) is 98.6 cm³/mol. The van der Waals surface area contributed by atoms with Crippen LogP contribution in [0.15, 0.2) is 23.2 Å². The second-order valence-electron chi connectivity index (χ2n) is 6.64. The van der Waals surface area contributed by atoms with Crippen molar-refractivity contribution in [3.63, 3.8) is 0 Å². The Bertz CT molecular complexity index is 632. The van der Waals surface area contributed by atoms with Crippen molar-refractivity contribution in [2.45, 2.75) is 32.0 Å². The summed E-state index contributed by atoms with van der Waals surface area (Å²) in [6.07, 6.45) is -1.82. The van der Waals surface area contributed by atoms with Crippen molar-refractivity contribution in [1.29, 1.82) is 0 Å². The van der Waals surface area contributed by atoms with E-state index in [0.29, 0.717) is 31.1 Å². The van der Waals surface area contributed by atoms with Crippen LogP contribution in [0, 0.1) is 11.7 Å². The lowest BCUT2D eigenvalue weighted by Gasteiger charge is -2.21. The number of guanidine groups is 1. The molecule has 1 saturated heterocycles. The van der Waals surface area contributed by atoms with Gasteiger partial charge in [-0.2, -0.15) is 13.2 Å². The van der Waals surface area contributed by atoms with Crippen LogP contribution in [0.25, 0.3) is 0 Å². The minimum absolute atomic E-state index is 0.0448. The van der Waals surface area contributed by atoms with Crippen LogP contribution in [0.3, 0.4) is 0 Å². The molecule has 1 aliphatic heterocycles. The van der Waals surface area contributed by atoms with Crippen molar-refractivity contribution in [2.75, 3.05) is 40.0 Å². The molecule has 0 unspecified atom stereocenters. The monoisotopic (exact) mass is 405 g/mol. The fourth-order valence-electron chi connectivity index (χ4n) is 2.91. The Morgan fingerprint density at radius 1 is 1.25 bits per heavy atom. The van der Waals surface area contributed by atoms with Gasteiger partial charge in [-0.15, -0.1) is 0 Å². The van der Waals surface area contributed by atoms with Gasteiger partial charge in [-0.3, -0.25) is 4.99 Å². The lowest BCUT2D eigenvalue weighted by atomic mass is 10.0. The maximum atomic E-state index is 13.2. The van der Waals surface area contributed by atoms with Crippen LogP contribution in [0.2, 0.25) is 0 Å². The molecule has 0 atom stereocenters. The number of ether oxygens (including phenoxy) is 2. The van der Waals surface area contributed by atoms with Crippen molar-refractivity contribution in [1.82, 2.24) is 10.6 Å². The summed E-state index contributed by atoms with van der Waals surface area (Å²) in [5.41, 5.74) is -1.03. The fraction of sp³-hybridized carbons (Fsp3) is 0.632. The van der Waals surface area contributed by atoms with Crippen LogP contribution < -0.4 is 10.6 Å². The summed E-state index contributed by atoms with van der Waals surface area (Å²) in [5, 5.41) is 5.85. The van der Waals surface area contributed by atoms with Crippen molar-refractivity contribution in [2.24, 2.45) is 10.9 Å². The van der Waals surface area contributed by atoms with Gasteiger partial charge >= 0.3 is 6.18 Å². The highest BCUT2D eigenvalue weighted by molar-refractivity contribution is 5.79. The first-order valence-corrected chi connectivity index (χ1v) is 9.35. The number of hydrogen-bond donors (Lipinski definition) is 2. The molecule has 0 amide bonds. The average molecular weight is 405 g/mol. The highest BCUT2D eigenvalue weighted by atomic mass is 19.4. The molecule has 9 heteroatoms. The van der Waals surface area contributed by atoms with E-state index >= 15 is 0 Å². The standard InChI is InChI=1S/C19H27F4N3O2/c1-24-18(25-7-2-8-28-13-14-5-9-27-10-6-14)26-12-15-3-4-16(20)11-17(15)19(21,22)23/h3-4,11,14H,2,5-10,12-13H2,1H3,(H2,24,25,26). The van der Waals surface area contributed by atoms with Crippen LogP contribution in [0.4, 0.5) is 17.6 Å². The summed E-state index contributed by atoms with van der Waals surface area (Å²) in [7, 11) is 1.53. The van der Waals surface area contributed by atoms with Crippen LogP contribution in [-0.2, 0) is 22.2 Å². The van der Waals surface area contributed by atoms with Crippen LogP contribution in [0.5, 0.6) is 0 Å². The van der Waals surface area contributed by atoms with Gasteiger partial charge in [0.05, 0.1) is 5.56 Å². The van der Waals surface area contributed by atoms with Gasteiger partial charge in [0, 0.05) is 46.6 Å². The molecule has 1 aromatic rings. The summed E-state index contributed by atoms with van der Waals surface area (Å²) < 4.78 is 63.2. The van der Waals surface area contributed by atoms with Gasteiger partial charge in [-0.25, -0.2) is 4.39 Å². The third-order valence-electron chi connectivity index (χ3n) is 4.50. The van der Waals surface area contributed by atoms with Gasteiger partial charge in [-0.1, -0.05) is 6.07 Å². The predicted octanol–water partition coefficient (Wildman–Crippen LogP) is 3.34. The first-order chi connectivity index (χ1) is 13.4. The van der Waals surface area contributed by atoms with E-state index in [1.807, 2.05) is 0 Å². The topological polar surface area (TPSA) is 54.9 Å². The smallest absolute Gasteiger partial charge is 0.381 e. The van der Waals surface area contributed by atoms with Gasteiger partial charge in [0.25, 0.3) is 0 Å². The van der Waals surface area contributed by atoms with E-state index in [1.165, 1.54) is 7.05 Å². The molecule has 0 bridgehead atoms. The van der Waals surface area contributed by atoms with Crippen molar-refractivity contribution in [3.05, 3.63) is 35.1 Å². The quantitative estimate of drug-likeness (QED) is 0.302. The number of rotatable bonds is 8. The van der Waals surface area contributed by atoms with E-state index in [0.717, 1.165) is 51.2 Å². The van der Waals surface area contributed by atoms with Gasteiger partial charge < -0.3 is 20.1 Å². The number of alkyl halides is 3. The summed E-state index contributed by atoms with van der Waals surface area (Å²) in [4.78, 5) is 3.99. The summed E-state index contributed by atoms with van der Waals surface area (Å²) in [6.45, 7) is 3.36. The molecule has 1 aromatic carbocycles. The highest BCUT2D eigenvalue weighted by Gasteiger charge is 2.33. The molecule has 1 aliphatic rings. The lowest BCUT2D eigenvalue weighted by Crippen LogP contribution is -2.38. The fourth-order valence-corrected chi connectivity index (χ4v) is 2.91. The molecule has 1 fully saturated rings. The van der Waals surface area contributed by atoms with Crippen molar-refractivity contribution in [3.8, 4) is 0 Å². The van der Waals surface area contributed by atoms with Crippen molar-refractivity contribution >= 4 is 5.96 Å². The van der Waals surface area contributed by atoms with Crippen LogP contribution in [0.1, 0.15) is 30.4 Å². The van der Waals surface area contributed by atoms with Gasteiger partial charge in [0.15, 0.2) is 5.96 Å². The van der Waals surface area contributed by atoms with E-state index in [1.54, 1.807) is 0 Å². The Labute approximate surface area is 162 Å². The molecule has 2 N–H and O–H groups in total. The Hall–Kier alpha value is -1.87. The first-order valence-electron chi connectivity index (χ1n) is 9.35. The number of hydrogen-bond acceptors (Lipinski definition) is 3. The Kier molecular flexibility index (Phi) is 8.98. The zero-order valence-corrected chi connectivity index (χ0v) is 15.9. The maximum Gasteiger partial charge on any atom is 0.416 e. The molecule has 158 valence electrons. The summed E-state index contributed by atoms with van der Waals surface area (Å²) in [6, 6.07) is 2.64. The molecule has 2 rings (SSSR count). The molecule has 0 aromatic heterocycles. The molecular weight excluding hydrogens is 378 g/mol. The largest absolute Gasteiger partial charge is 0.416 e. The number of nitrogens with zero attached hydrogens (tertiary/aromatic N) is 1. The second kappa shape index (κ2) is 11.2. The van der Waals surface area contributed by atoms with E-state index < -0.39 is 17.6 Å². The second-order valence-corrected chi connectivity index (χ2v) is 6.64. The first kappa shape index (κ1) is 22.4. The molecule has 0 saturated carbocycles. The van der Waals surface area contributed by atoms with E-state index in [2.05, 4.69) is 15.6 Å². The number of aliphatic imine (C=N–C) groups is 1. The molecule has 5 nitrogen and oxygen atoms in total. The molecule has 28 heavy (non-hydrogen) atoms. The zero-order valence-electron chi connectivity index (χ0n) is 15.9. The van der Waals surface area contributed by atoms with E-state index in [4.69, 9.17) is 9.47 Å². The third kappa shape index (κ3) is 7.63.